The minimum absolute atomic E-state index is 0. The Labute approximate surface area is 66.0 Å². The van der Waals surface area contributed by atoms with Crippen LogP contribution in [0.15, 0.2) is 0 Å². The van der Waals surface area contributed by atoms with Gasteiger partial charge in [-0.15, -0.1) is 0 Å². The summed E-state index contributed by atoms with van der Waals surface area (Å²) in [4.78, 5) is 0. The Morgan fingerprint density at radius 1 is 1.00 bits per heavy atom. The van der Waals surface area contributed by atoms with E-state index in [4.69, 9.17) is 0 Å². The van der Waals surface area contributed by atoms with E-state index in [1.54, 1.807) is 0 Å². The minimum atomic E-state index is -3.08. The van der Waals surface area contributed by atoms with Gasteiger partial charge in [0.15, 0.2) is 6.68 Å². The van der Waals surface area contributed by atoms with Crippen molar-refractivity contribution in [1.29, 1.82) is 0 Å². The molecule has 0 aromatic heterocycles. The monoisotopic (exact) mass is 243 g/mol. The van der Waals surface area contributed by atoms with Crippen molar-refractivity contribution in [2.24, 2.45) is 0 Å². The molecule has 0 aliphatic heterocycles. The Morgan fingerprint density at radius 2 is 1.00 bits per heavy atom. The zero-order chi connectivity index (χ0) is 3.58. The quantitative estimate of drug-likeness (QED) is 0.562. The first-order valence-corrected chi connectivity index (χ1v) is 0.567. The van der Waals surface area contributed by atoms with Crippen LogP contribution < -0.4 is 0 Å². The molecule has 0 nitrogen and oxygen atoms in total. The molecular formula is CF3Yb-. The molecule has 0 rings (SSSR count). The van der Waals surface area contributed by atoms with E-state index in [1.807, 2.05) is 0 Å². The van der Waals surface area contributed by atoms with Gasteiger partial charge in [0.2, 0.25) is 0 Å². The smallest absolute Gasteiger partial charge is 0.154 e. The molecule has 0 fully saturated rings. The minimum Gasteiger partial charge on any atom is -0.385 e. The Morgan fingerprint density at radius 3 is 1.00 bits per heavy atom. The Hall–Kier alpha value is 1.31. The van der Waals surface area contributed by atoms with Crippen LogP contribution in [0.25, 0.3) is 0 Å². The van der Waals surface area contributed by atoms with Crippen molar-refractivity contribution >= 4 is 0 Å². The van der Waals surface area contributed by atoms with Crippen molar-refractivity contribution in [2.45, 2.75) is 0 Å². The van der Waals surface area contributed by atoms with E-state index in [2.05, 4.69) is 0 Å². The van der Waals surface area contributed by atoms with E-state index in [0.29, 0.717) is 0 Å². The van der Waals surface area contributed by atoms with Gasteiger partial charge >= 0.3 is 0 Å². The molecular weight excluding hydrogens is 242 g/mol. The molecule has 0 unspecified atom stereocenters. The van der Waals surface area contributed by atoms with E-state index in [-0.39, 0.29) is 46.9 Å². The third-order valence-corrected chi connectivity index (χ3v) is 0. The maximum Gasteiger partial charge on any atom is 0.154 e. The van der Waals surface area contributed by atoms with Gasteiger partial charge in [-0.2, -0.15) is 0 Å². The van der Waals surface area contributed by atoms with Crippen LogP contribution in [-0.2, 0) is 0 Å². The largest absolute Gasteiger partial charge is 0.385 e. The van der Waals surface area contributed by atoms with E-state index < -0.39 is 6.68 Å². The van der Waals surface area contributed by atoms with Gasteiger partial charge in [-0.25, -0.2) is 0 Å². The predicted molar refractivity (Wildman–Crippen MR) is 6.57 cm³/mol. The van der Waals surface area contributed by atoms with Crippen LogP contribution in [0.5, 0.6) is 0 Å². The fourth-order valence-corrected chi connectivity index (χ4v) is 0. The molecule has 0 aromatic carbocycles. The summed E-state index contributed by atoms with van der Waals surface area (Å²) < 4.78 is 28.8. The SMILES string of the molecule is F[C-](F)F.[Yb]. The van der Waals surface area contributed by atoms with Gasteiger partial charge in [-0.05, 0) is 0 Å². The van der Waals surface area contributed by atoms with E-state index >= 15 is 0 Å². The second-order valence-corrected chi connectivity index (χ2v) is 0.214. The maximum absolute atomic E-state index is 9.58. The van der Waals surface area contributed by atoms with Gasteiger partial charge in [0.1, 0.15) is 0 Å². The molecule has 0 N–H and O–H groups in total. The first-order chi connectivity index (χ1) is 1.73. The molecule has 0 radical (unpaired) electrons. The van der Waals surface area contributed by atoms with Crippen LogP contribution in [0.3, 0.4) is 0 Å². The molecule has 40 valence electrons. The fraction of sp³-hybridized carbons (Fsp3) is 0. The predicted octanol–water partition coefficient (Wildman–Crippen LogP) is 1.34. The van der Waals surface area contributed by atoms with Crippen LogP contribution >= 0.6 is 0 Å². The number of rotatable bonds is 0. The van der Waals surface area contributed by atoms with Crippen molar-refractivity contribution in [3.05, 3.63) is 6.68 Å². The topological polar surface area (TPSA) is 0 Å². The van der Waals surface area contributed by atoms with Crippen molar-refractivity contribution in [1.82, 2.24) is 0 Å². The summed E-state index contributed by atoms with van der Waals surface area (Å²) in [5.74, 6) is 0. The third-order valence-electron chi connectivity index (χ3n) is 0. The molecule has 0 bridgehead atoms. The summed E-state index contributed by atoms with van der Waals surface area (Å²) in [6.45, 7) is -3.08. The van der Waals surface area contributed by atoms with Crippen LogP contribution in [0.2, 0.25) is 0 Å². The maximum atomic E-state index is 9.58. The van der Waals surface area contributed by atoms with Crippen LogP contribution in [-0.4, -0.2) is 0 Å². The molecule has 0 saturated heterocycles. The summed E-state index contributed by atoms with van der Waals surface area (Å²) in [6.07, 6.45) is 0. The third kappa shape index (κ3) is 33.9. The summed E-state index contributed by atoms with van der Waals surface area (Å²) in [5.41, 5.74) is 0. The fourth-order valence-electron chi connectivity index (χ4n) is 0. The zero-order valence-electron chi connectivity index (χ0n) is 1.90. The Balaban J connectivity index is 0. The molecule has 0 amide bonds. The van der Waals surface area contributed by atoms with Crippen LogP contribution in [0.1, 0.15) is 0 Å². The molecule has 0 spiro atoms. The van der Waals surface area contributed by atoms with Gasteiger partial charge in [0.25, 0.3) is 0 Å². The molecule has 5 heavy (non-hydrogen) atoms. The van der Waals surface area contributed by atoms with Gasteiger partial charge in [-0.1, -0.05) is 0 Å². The number of hydrogen-bond acceptors (Lipinski definition) is 0. The second kappa shape index (κ2) is 5.31. The molecule has 0 aliphatic rings. The van der Waals surface area contributed by atoms with Gasteiger partial charge < -0.3 is 13.2 Å². The van der Waals surface area contributed by atoms with E-state index in [0.717, 1.165) is 0 Å². The molecule has 4 heteroatoms. The van der Waals surface area contributed by atoms with E-state index in [1.165, 1.54) is 0 Å². The normalized spacial score (nSPS) is 7.20. The zero-order valence-corrected chi connectivity index (χ0v) is 3.62. The molecule has 0 aromatic rings. The van der Waals surface area contributed by atoms with Crippen molar-refractivity contribution < 1.29 is 60.1 Å². The Kier molecular flexibility index (Phi) is 10.2. The molecule has 0 heterocycles. The van der Waals surface area contributed by atoms with Crippen LogP contribution in [0, 0.1) is 53.6 Å². The van der Waals surface area contributed by atoms with Gasteiger partial charge in [0.05, 0.1) is 0 Å². The molecule has 0 aliphatic carbocycles. The van der Waals surface area contributed by atoms with Crippen molar-refractivity contribution in [3.8, 4) is 0 Å². The van der Waals surface area contributed by atoms with Crippen molar-refractivity contribution in [3.63, 3.8) is 0 Å². The average molecular weight is 242 g/mol. The summed E-state index contributed by atoms with van der Waals surface area (Å²) in [7, 11) is 0. The van der Waals surface area contributed by atoms with Crippen molar-refractivity contribution in [2.75, 3.05) is 0 Å². The van der Waals surface area contributed by atoms with E-state index in [9.17, 15) is 13.2 Å². The summed E-state index contributed by atoms with van der Waals surface area (Å²) in [6, 6.07) is 0. The number of halogens is 3. The van der Waals surface area contributed by atoms with Crippen LogP contribution in [0.4, 0.5) is 13.2 Å². The summed E-state index contributed by atoms with van der Waals surface area (Å²) >= 11 is 0. The Bertz CT molecular complexity index is 11.6. The first kappa shape index (κ1) is 9.58. The van der Waals surface area contributed by atoms with Gasteiger partial charge in [-0.3, -0.25) is 0 Å². The second-order valence-electron chi connectivity index (χ2n) is 0.214. The average Bonchev–Trinajstić information content (AvgIpc) is 0.811. The first-order valence-electron chi connectivity index (χ1n) is 0.567. The summed E-state index contributed by atoms with van der Waals surface area (Å²) in [5, 5.41) is 0. The molecule has 0 atom stereocenters. The van der Waals surface area contributed by atoms with Gasteiger partial charge in [0, 0.05) is 46.9 Å². The number of hydrogen-bond donors (Lipinski definition) is 0. The molecule has 0 saturated carbocycles. The standard InChI is InChI=1S/CF3.Yb/c2-1(3)4;/q-1;.